The molecule has 0 bridgehead atoms. The average Bonchev–Trinajstić information content (AvgIpc) is 2.61. The molecule has 2 fully saturated rings. The van der Waals surface area contributed by atoms with Crippen LogP contribution in [0.3, 0.4) is 0 Å². The summed E-state index contributed by atoms with van der Waals surface area (Å²) in [4.78, 5) is 24.4. The number of carbonyl (C=O) groups excluding carboxylic acids is 2. The predicted octanol–water partition coefficient (Wildman–Crippen LogP) is 0.656. The first-order valence-corrected chi connectivity index (χ1v) is 6.12. The van der Waals surface area contributed by atoms with Crippen LogP contribution in [-0.4, -0.2) is 47.0 Å². The first kappa shape index (κ1) is 11.0. The van der Waals surface area contributed by atoms with Gasteiger partial charge in [0, 0.05) is 31.9 Å². The average molecular weight is 229 g/mol. The molecule has 5 heteroatoms. The summed E-state index contributed by atoms with van der Waals surface area (Å²) in [5.74, 6) is 0.105. The highest BCUT2D eigenvalue weighted by atomic mass is 32.2. The van der Waals surface area contributed by atoms with Crippen LogP contribution in [0, 0.1) is 0 Å². The summed E-state index contributed by atoms with van der Waals surface area (Å²) in [5.41, 5.74) is 0. The van der Waals surface area contributed by atoms with Crippen molar-refractivity contribution in [3.8, 4) is 0 Å². The van der Waals surface area contributed by atoms with Gasteiger partial charge in [0.25, 0.3) is 5.91 Å². The Morgan fingerprint density at radius 2 is 2.13 bits per heavy atom. The van der Waals surface area contributed by atoms with Crippen LogP contribution in [0.2, 0.25) is 0 Å². The monoisotopic (exact) mass is 229 g/mol. The van der Waals surface area contributed by atoms with Crippen molar-refractivity contribution in [1.29, 1.82) is 0 Å². The largest absolute Gasteiger partial charge is 0.368 e. The molecule has 0 aliphatic carbocycles. The van der Waals surface area contributed by atoms with Crippen LogP contribution in [0.5, 0.6) is 0 Å². The van der Waals surface area contributed by atoms with E-state index in [2.05, 4.69) is 0 Å². The molecule has 0 unspecified atom stereocenters. The van der Waals surface area contributed by atoms with Crippen LogP contribution in [-0.2, 0) is 14.3 Å². The molecular weight excluding hydrogens is 214 g/mol. The van der Waals surface area contributed by atoms with Gasteiger partial charge < -0.3 is 9.64 Å². The maximum atomic E-state index is 11.8. The lowest BCUT2D eigenvalue weighted by Crippen LogP contribution is -2.55. The second-order valence-corrected chi connectivity index (χ2v) is 5.45. The summed E-state index contributed by atoms with van der Waals surface area (Å²) in [6.45, 7) is 3.66. The number of rotatable bonds is 2. The van der Waals surface area contributed by atoms with Crippen molar-refractivity contribution < 1.29 is 14.3 Å². The van der Waals surface area contributed by atoms with E-state index in [0.717, 1.165) is 12.8 Å². The molecule has 0 radical (unpaired) electrons. The second kappa shape index (κ2) is 4.53. The molecule has 0 aromatic heterocycles. The lowest BCUT2D eigenvalue weighted by atomic mass is 10.1. The van der Waals surface area contributed by atoms with Gasteiger partial charge in [0.2, 0.25) is 0 Å². The van der Waals surface area contributed by atoms with Crippen molar-refractivity contribution in [1.82, 2.24) is 4.90 Å². The van der Waals surface area contributed by atoms with Gasteiger partial charge in [-0.1, -0.05) is 11.8 Å². The van der Waals surface area contributed by atoms with Gasteiger partial charge in [0.05, 0.1) is 0 Å². The molecule has 0 aromatic carbocycles. The van der Waals surface area contributed by atoms with Crippen molar-refractivity contribution in [2.45, 2.75) is 31.1 Å². The van der Waals surface area contributed by atoms with E-state index in [-0.39, 0.29) is 17.1 Å². The number of amides is 1. The Bertz CT molecular complexity index is 270. The van der Waals surface area contributed by atoms with Crippen LogP contribution in [0.1, 0.15) is 19.8 Å². The predicted molar refractivity (Wildman–Crippen MR) is 57.6 cm³/mol. The highest BCUT2D eigenvalue weighted by molar-refractivity contribution is 8.14. The Balaban J connectivity index is 1.74. The van der Waals surface area contributed by atoms with Gasteiger partial charge >= 0.3 is 0 Å². The highest BCUT2D eigenvalue weighted by Gasteiger charge is 2.36. The number of hydrogen-bond donors (Lipinski definition) is 0. The molecule has 0 aromatic rings. The fraction of sp³-hybridized carbons (Fsp3) is 0.800. The molecule has 0 N–H and O–H groups in total. The number of carbonyl (C=O) groups is 2. The van der Waals surface area contributed by atoms with E-state index in [1.807, 2.05) is 0 Å². The fourth-order valence-corrected chi connectivity index (χ4v) is 2.88. The molecule has 2 saturated heterocycles. The Morgan fingerprint density at radius 1 is 1.40 bits per heavy atom. The van der Waals surface area contributed by atoms with Crippen LogP contribution in [0.25, 0.3) is 0 Å². The molecule has 84 valence electrons. The standard InChI is InChI=1S/C10H15NO3S/c1-7(12)15-8-5-11(6-8)10(13)9-3-2-4-14-9/h8-9H,2-6H2,1H3/t9-/m1/s1. The van der Waals surface area contributed by atoms with Gasteiger partial charge in [-0.05, 0) is 12.8 Å². The molecule has 1 amide bonds. The number of ether oxygens (including phenoxy) is 1. The van der Waals surface area contributed by atoms with Crippen LogP contribution >= 0.6 is 11.8 Å². The summed E-state index contributed by atoms with van der Waals surface area (Å²) in [6.07, 6.45) is 1.61. The van der Waals surface area contributed by atoms with Crippen molar-refractivity contribution in [3.63, 3.8) is 0 Å². The number of hydrogen-bond acceptors (Lipinski definition) is 4. The quantitative estimate of drug-likeness (QED) is 0.697. The second-order valence-electron chi connectivity index (χ2n) is 3.98. The number of thioether (sulfide) groups is 1. The van der Waals surface area contributed by atoms with Gasteiger partial charge in [-0.25, -0.2) is 0 Å². The SMILES string of the molecule is CC(=O)SC1CN(C(=O)[C@H]2CCCO2)C1. The summed E-state index contributed by atoms with van der Waals surface area (Å²) in [7, 11) is 0. The molecular formula is C10H15NO3S. The molecule has 0 spiro atoms. The maximum absolute atomic E-state index is 11.8. The Labute approximate surface area is 93.3 Å². The third kappa shape index (κ3) is 2.52. The van der Waals surface area contributed by atoms with Crippen LogP contribution in [0.4, 0.5) is 0 Å². The first-order chi connectivity index (χ1) is 7.16. The van der Waals surface area contributed by atoms with Crippen molar-refractivity contribution >= 4 is 22.8 Å². The molecule has 4 nitrogen and oxygen atoms in total. The Hall–Kier alpha value is -0.550. The van der Waals surface area contributed by atoms with Crippen molar-refractivity contribution in [2.24, 2.45) is 0 Å². The zero-order chi connectivity index (χ0) is 10.8. The lowest BCUT2D eigenvalue weighted by molar-refractivity contribution is -0.144. The molecule has 2 heterocycles. The van der Waals surface area contributed by atoms with Gasteiger partial charge in [0.15, 0.2) is 5.12 Å². The minimum Gasteiger partial charge on any atom is -0.368 e. The minimum atomic E-state index is -0.215. The zero-order valence-corrected chi connectivity index (χ0v) is 9.59. The molecule has 0 saturated carbocycles. The molecule has 15 heavy (non-hydrogen) atoms. The van der Waals surface area contributed by atoms with Gasteiger partial charge in [-0.3, -0.25) is 9.59 Å². The molecule has 2 rings (SSSR count). The Kier molecular flexibility index (Phi) is 3.31. The van der Waals surface area contributed by atoms with Gasteiger partial charge in [-0.2, -0.15) is 0 Å². The topological polar surface area (TPSA) is 46.6 Å². The maximum Gasteiger partial charge on any atom is 0.251 e. The molecule has 1 atom stereocenters. The zero-order valence-electron chi connectivity index (χ0n) is 8.77. The summed E-state index contributed by atoms with van der Waals surface area (Å²) < 4.78 is 5.32. The minimum absolute atomic E-state index is 0.105. The molecule has 2 aliphatic rings. The van der Waals surface area contributed by atoms with E-state index >= 15 is 0 Å². The van der Waals surface area contributed by atoms with Crippen molar-refractivity contribution in [2.75, 3.05) is 19.7 Å². The fourth-order valence-electron chi connectivity index (χ4n) is 1.90. The van der Waals surface area contributed by atoms with Crippen LogP contribution < -0.4 is 0 Å². The summed E-state index contributed by atoms with van der Waals surface area (Å²) >= 11 is 1.33. The number of likely N-dealkylation sites (tertiary alicyclic amines) is 1. The van der Waals surface area contributed by atoms with E-state index in [0.29, 0.717) is 24.9 Å². The smallest absolute Gasteiger partial charge is 0.251 e. The van der Waals surface area contributed by atoms with E-state index in [9.17, 15) is 9.59 Å². The van der Waals surface area contributed by atoms with Gasteiger partial charge in [-0.15, -0.1) is 0 Å². The van der Waals surface area contributed by atoms with E-state index in [1.54, 1.807) is 11.8 Å². The molecule has 2 aliphatic heterocycles. The Morgan fingerprint density at radius 3 is 2.67 bits per heavy atom. The van der Waals surface area contributed by atoms with Crippen LogP contribution in [0.15, 0.2) is 0 Å². The summed E-state index contributed by atoms with van der Waals surface area (Å²) in [5, 5.41) is 0.428. The highest BCUT2D eigenvalue weighted by Crippen LogP contribution is 2.25. The number of nitrogens with zero attached hydrogens (tertiary/aromatic N) is 1. The van der Waals surface area contributed by atoms with E-state index in [1.165, 1.54) is 11.8 Å². The third-order valence-electron chi connectivity index (χ3n) is 2.70. The van der Waals surface area contributed by atoms with Gasteiger partial charge in [0.1, 0.15) is 6.10 Å². The third-order valence-corrected chi connectivity index (χ3v) is 3.66. The summed E-state index contributed by atoms with van der Waals surface area (Å²) in [6, 6.07) is 0. The van der Waals surface area contributed by atoms with E-state index in [4.69, 9.17) is 4.74 Å². The van der Waals surface area contributed by atoms with Crippen molar-refractivity contribution in [3.05, 3.63) is 0 Å². The normalized spacial score (nSPS) is 26.5. The van der Waals surface area contributed by atoms with E-state index < -0.39 is 0 Å². The first-order valence-electron chi connectivity index (χ1n) is 5.24. The lowest BCUT2D eigenvalue weighted by Gasteiger charge is -2.39.